The van der Waals surface area contributed by atoms with Crippen LogP contribution in [0.15, 0.2) is 0 Å². The average molecular weight is 234 g/mol. The minimum atomic E-state index is -0.821. The lowest BCUT2D eigenvalue weighted by Crippen LogP contribution is -2.64. The van der Waals surface area contributed by atoms with Crippen LogP contribution in [0.5, 0.6) is 0 Å². The van der Waals surface area contributed by atoms with Gasteiger partial charge in [-0.15, -0.1) is 0 Å². The van der Waals surface area contributed by atoms with E-state index in [0.29, 0.717) is 22.0 Å². The van der Waals surface area contributed by atoms with E-state index in [1.54, 1.807) is 0 Å². The molecular formula is C12H28NOS+. The van der Waals surface area contributed by atoms with E-state index in [0.717, 1.165) is 0 Å². The molecule has 0 aromatic rings. The van der Waals surface area contributed by atoms with Crippen molar-refractivity contribution in [2.45, 2.75) is 78.8 Å². The first-order chi connectivity index (χ1) is 6.68. The van der Waals surface area contributed by atoms with E-state index in [-0.39, 0.29) is 5.25 Å². The lowest BCUT2D eigenvalue weighted by molar-refractivity contribution is -0.868. The van der Waals surface area contributed by atoms with Crippen molar-refractivity contribution in [1.29, 1.82) is 0 Å². The zero-order valence-corrected chi connectivity index (χ0v) is 12.4. The van der Waals surface area contributed by atoms with Gasteiger partial charge in [-0.05, 0) is 55.4 Å². The third-order valence-electron chi connectivity index (χ3n) is 3.14. The van der Waals surface area contributed by atoms with E-state index in [4.69, 9.17) is 0 Å². The molecule has 0 aromatic heterocycles. The second kappa shape index (κ2) is 5.44. The maximum Gasteiger partial charge on any atom is 0.210 e. The molecule has 0 saturated carbocycles. The van der Waals surface area contributed by atoms with Gasteiger partial charge in [-0.25, -0.2) is 3.89 Å². The quantitative estimate of drug-likeness (QED) is 0.668. The monoisotopic (exact) mass is 234 g/mol. The summed E-state index contributed by atoms with van der Waals surface area (Å²) in [5.74, 6) is 0. The van der Waals surface area contributed by atoms with Crippen LogP contribution in [0.25, 0.3) is 0 Å². The van der Waals surface area contributed by atoms with Gasteiger partial charge in [0.15, 0.2) is 0 Å². The molecule has 0 spiro atoms. The first kappa shape index (κ1) is 15.1. The Balaban J connectivity index is 5.43. The van der Waals surface area contributed by atoms with E-state index in [2.05, 4.69) is 55.4 Å². The number of hydrogen-bond acceptors (Lipinski definition) is 1. The molecule has 0 rings (SSSR count). The fraction of sp³-hybridized carbons (Fsp3) is 1.00. The molecule has 1 unspecified atom stereocenters. The topological polar surface area (TPSA) is 17.1 Å². The third kappa shape index (κ3) is 2.62. The summed E-state index contributed by atoms with van der Waals surface area (Å²) < 4.78 is 13.3. The normalized spacial score (nSPS) is 15.7. The largest absolute Gasteiger partial charge is 0.233 e. The molecule has 92 valence electrons. The van der Waals surface area contributed by atoms with Gasteiger partial charge in [0.25, 0.3) is 0 Å². The molecule has 0 N–H and O–H groups in total. The maximum atomic E-state index is 12.6. The molecule has 0 fully saturated rings. The maximum absolute atomic E-state index is 12.6. The Labute approximate surface area is 98.2 Å². The lowest BCUT2D eigenvalue weighted by atomic mass is 10.2. The van der Waals surface area contributed by atoms with Gasteiger partial charge >= 0.3 is 0 Å². The summed E-state index contributed by atoms with van der Waals surface area (Å²) in [5, 5.41) is 0.220. The fourth-order valence-electron chi connectivity index (χ4n) is 2.78. The second-order valence-electron chi connectivity index (χ2n) is 5.37. The third-order valence-corrected chi connectivity index (χ3v) is 5.83. The van der Waals surface area contributed by atoms with E-state index in [9.17, 15) is 4.21 Å². The highest BCUT2D eigenvalue weighted by molar-refractivity contribution is 7.80. The van der Waals surface area contributed by atoms with Gasteiger partial charge < -0.3 is 0 Å². The van der Waals surface area contributed by atoms with Crippen LogP contribution in [-0.4, -0.2) is 31.5 Å². The van der Waals surface area contributed by atoms with Crippen molar-refractivity contribution in [1.82, 2.24) is 0 Å². The zero-order chi connectivity index (χ0) is 12.4. The summed E-state index contributed by atoms with van der Waals surface area (Å²) >= 11 is 0. The zero-order valence-electron chi connectivity index (χ0n) is 11.6. The van der Waals surface area contributed by atoms with Crippen molar-refractivity contribution >= 4 is 11.0 Å². The van der Waals surface area contributed by atoms with Crippen LogP contribution in [0.2, 0.25) is 0 Å². The summed E-state index contributed by atoms with van der Waals surface area (Å²) in [6.07, 6.45) is 0. The van der Waals surface area contributed by atoms with Crippen LogP contribution in [0, 0.1) is 0 Å². The van der Waals surface area contributed by atoms with E-state index >= 15 is 0 Å². The van der Waals surface area contributed by atoms with Gasteiger partial charge in [0.05, 0.1) is 23.4 Å². The molecule has 0 aliphatic heterocycles. The highest BCUT2D eigenvalue weighted by atomic mass is 32.2. The summed E-state index contributed by atoms with van der Waals surface area (Å²) in [6, 6.07) is 1.19. The van der Waals surface area contributed by atoms with Gasteiger partial charge in [0, 0.05) is 0 Å². The van der Waals surface area contributed by atoms with Gasteiger partial charge in [-0.1, -0.05) is 0 Å². The molecule has 0 aromatic carbocycles. The van der Waals surface area contributed by atoms with Crippen molar-refractivity contribution in [3.63, 3.8) is 0 Å². The molecule has 0 heterocycles. The van der Waals surface area contributed by atoms with E-state index in [1.165, 1.54) is 0 Å². The van der Waals surface area contributed by atoms with Gasteiger partial charge in [-0.3, -0.25) is 0 Å². The first-order valence-electron chi connectivity index (χ1n) is 5.98. The molecule has 0 radical (unpaired) electrons. The highest BCUT2D eigenvalue weighted by Crippen LogP contribution is 2.29. The standard InChI is InChI=1S/C12H28NOS/c1-9(2)13(10(3)4,11(5)6)15(14)12(7)8/h9-12H,1-8H3/q+1. The molecule has 0 saturated heterocycles. The number of rotatable bonds is 5. The van der Waals surface area contributed by atoms with Crippen molar-refractivity contribution in [2.24, 2.45) is 0 Å². The van der Waals surface area contributed by atoms with Crippen LogP contribution < -0.4 is 0 Å². The van der Waals surface area contributed by atoms with Gasteiger partial charge in [0.1, 0.15) is 0 Å². The molecule has 0 aliphatic rings. The van der Waals surface area contributed by atoms with Crippen LogP contribution in [0.3, 0.4) is 0 Å². The number of hydrogen-bond donors (Lipinski definition) is 0. The Morgan fingerprint density at radius 2 is 1.00 bits per heavy atom. The van der Waals surface area contributed by atoms with E-state index < -0.39 is 11.0 Å². The number of quaternary nitrogens is 1. The molecule has 0 amide bonds. The Bertz CT molecular complexity index is 200. The lowest BCUT2D eigenvalue weighted by Gasteiger charge is -2.47. The van der Waals surface area contributed by atoms with Gasteiger partial charge in [0.2, 0.25) is 11.0 Å². The summed E-state index contributed by atoms with van der Waals surface area (Å²) in [6.45, 7) is 17.2. The van der Waals surface area contributed by atoms with Crippen LogP contribution in [0.4, 0.5) is 0 Å². The molecule has 0 bridgehead atoms. The van der Waals surface area contributed by atoms with Crippen LogP contribution >= 0.6 is 0 Å². The minimum Gasteiger partial charge on any atom is -0.233 e. The molecule has 2 nitrogen and oxygen atoms in total. The van der Waals surface area contributed by atoms with Crippen LogP contribution in [0.1, 0.15) is 55.4 Å². The molecular weight excluding hydrogens is 206 g/mol. The van der Waals surface area contributed by atoms with E-state index in [1.807, 2.05) is 0 Å². The SMILES string of the molecule is CC(C)S(=O)[N+](C(C)C)(C(C)C)C(C)C. The van der Waals surface area contributed by atoms with Crippen molar-refractivity contribution in [3.8, 4) is 0 Å². The van der Waals surface area contributed by atoms with Gasteiger partial charge in [-0.2, -0.15) is 4.21 Å². The number of nitrogens with zero attached hydrogens (tertiary/aromatic N) is 1. The Kier molecular flexibility index (Phi) is 5.48. The molecule has 3 heteroatoms. The predicted octanol–water partition coefficient (Wildman–Crippen LogP) is 3.10. The van der Waals surface area contributed by atoms with Crippen LogP contribution in [-0.2, 0) is 11.0 Å². The summed E-state index contributed by atoms with van der Waals surface area (Å²) in [4.78, 5) is 0. The smallest absolute Gasteiger partial charge is 0.210 e. The molecule has 15 heavy (non-hydrogen) atoms. The Morgan fingerprint density at radius 1 is 0.733 bits per heavy atom. The predicted molar refractivity (Wildman–Crippen MR) is 68.9 cm³/mol. The van der Waals surface area contributed by atoms with Crippen molar-refractivity contribution in [2.75, 3.05) is 0 Å². The Morgan fingerprint density at radius 3 is 1.07 bits per heavy atom. The first-order valence-corrected chi connectivity index (χ1v) is 7.15. The minimum absolute atomic E-state index is 0.220. The summed E-state index contributed by atoms with van der Waals surface area (Å²) in [7, 11) is -0.821. The molecule has 0 aliphatic carbocycles. The molecule has 1 atom stereocenters. The second-order valence-corrected chi connectivity index (χ2v) is 7.50. The van der Waals surface area contributed by atoms with Crippen molar-refractivity contribution in [3.05, 3.63) is 0 Å². The fourth-order valence-corrected chi connectivity index (χ4v) is 4.75. The summed E-state index contributed by atoms with van der Waals surface area (Å²) in [5.41, 5.74) is 0. The average Bonchev–Trinajstić information content (AvgIpc) is 2.02. The Hall–Kier alpha value is 0.110. The highest BCUT2D eigenvalue weighted by Gasteiger charge is 2.45. The van der Waals surface area contributed by atoms with Crippen molar-refractivity contribution < 1.29 is 8.10 Å².